The lowest BCUT2D eigenvalue weighted by Crippen LogP contribution is -2.28. The molecule has 0 spiro atoms. The van der Waals surface area contributed by atoms with E-state index in [0.29, 0.717) is 5.69 Å². The van der Waals surface area contributed by atoms with Gasteiger partial charge in [0, 0.05) is 13.2 Å². The smallest absolute Gasteiger partial charge is 0.283 e. The van der Waals surface area contributed by atoms with E-state index in [1.807, 2.05) is 19.1 Å². The van der Waals surface area contributed by atoms with Crippen molar-refractivity contribution in [3.05, 3.63) is 48.2 Å². The number of benzene rings is 1. The average molecular weight is 277 g/mol. The maximum atomic E-state index is 12.4. The molecule has 2 aromatic rings. The number of rotatable bonds is 3. The van der Waals surface area contributed by atoms with E-state index < -0.39 is 10.0 Å². The predicted molar refractivity (Wildman–Crippen MR) is 75.4 cm³/mol. The molecule has 0 amide bonds. The SMILES string of the molecule is Cc1ccc(N(C)S(=O)(=O)c2ncccc2N)cc1. The van der Waals surface area contributed by atoms with Crippen LogP contribution < -0.4 is 10.0 Å². The highest BCUT2D eigenvalue weighted by Gasteiger charge is 2.24. The van der Waals surface area contributed by atoms with Crippen LogP contribution in [0.1, 0.15) is 5.56 Å². The number of aryl methyl sites for hydroxylation is 1. The van der Waals surface area contributed by atoms with Crippen molar-refractivity contribution in [2.24, 2.45) is 0 Å². The summed E-state index contributed by atoms with van der Waals surface area (Å²) in [5.41, 5.74) is 7.45. The standard InChI is InChI=1S/C13H15N3O2S/c1-10-5-7-11(8-6-10)16(2)19(17,18)13-12(14)4-3-9-15-13/h3-9H,14H2,1-2H3. The molecular weight excluding hydrogens is 262 g/mol. The van der Waals surface area contributed by atoms with Gasteiger partial charge in [0.2, 0.25) is 0 Å². The average Bonchev–Trinajstić information content (AvgIpc) is 2.39. The van der Waals surface area contributed by atoms with Gasteiger partial charge in [0.05, 0.1) is 11.4 Å². The molecule has 0 fully saturated rings. The second-order valence-corrected chi connectivity index (χ2v) is 6.09. The van der Waals surface area contributed by atoms with Gasteiger partial charge in [-0.1, -0.05) is 17.7 Å². The molecule has 19 heavy (non-hydrogen) atoms. The molecule has 0 aliphatic carbocycles. The van der Waals surface area contributed by atoms with E-state index in [9.17, 15) is 8.42 Å². The molecule has 0 radical (unpaired) electrons. The van der Waals surface area contributed by atoms with Gasteiger partial charge in [-0.25, -0.2) is 4.98 Å². The number of nitrogen functional groups attached to an aromatic ring is 1. The highest BCUT2D eigenvalue weighted by atomic mass is 32.2. The highest BCUT2D eigenvalue weighted by Crippen LogP contribution is 2.23. The third kappa shape index (κ3) is 2.53. The van der Waals surface area contributed by atoms with E-state index in [1.54, 1.807) is 18.2 Å². The van der Waals surface area contributed by atoms with Crippen molar-refractivity contribution in [2.45, 2.75) is 11.9 Å². The zero-order chi connectivity index (χ0) is 14.0. The molecule has 2 rings (SSSR count). The van der Waals surface area contributed by atoms with Crippen molar-refractivity contribution in [1.29, 1.82) is 0 Å². The maximum absolute atomic E-state index is 12.4. The Labute approximate surface area is 112 Å². The van der Waals surface area contributed by atoms with Crippen LogP contribution in [0.5, 0.6) is 0 Å². The quantitative estimate of drug-likeness (QED) is 0.928. The van der Waals surface area contributed by atoms with Crippen LogP contribution in [0.25, 0.3) is 0 Å². The first-order valence-corrected chi connectivity index (χ1v) is 7.13. The van der Waals surface area contributed by atoms with Gasteiger partial charge in [-0.15, -0.1) is 0 Å². The molecule has 0 bridgehead atoms. The predicted octanol–water partition coefficient (Wildman–Crippen LogP) is 1.80. The Bertz CT molecular complexity index is 681. The molecular formula is C13H15N3O2S. The second-order valence-electron chi connectivity index (χ2n) is 4.21. The molecule has 1 heterocycles. The van der Waals surface area contributed by atoms with Gasteiger partial charge in [0.25, 0.3) is 10.0 Å². The van der Waals surface area contributed by atoms with Gasteiger partial charge in [0.1, 0.15) is 0 Å². The van der Waals surface area contributed by atoms with Gasteiger partial charge in [0.15, 0.2) is 5.03 Å². The molecule has 1 aromatic heterocycles. The van der Waals surface area contributed by atoms with Gasteiger partial charge in [-0.05, 0) is 31.2 Å². The second kappa shape index (κ2) is 4.89. The fourth-order valence-corrected chi connectivity index (χ4v) is 2.86. The number of nitrogens with zero attached hydrogens (tertiary/aromatic N) is 2. The minimum Gasteiger partial charge on any atom is -0.396 e. The summed E-state index contributed by atoms with van der Waals surface area (Å²) < 4.78 is 26.0. The van der Waals surface area contributed by atoms with Crippen molar-refractivity contribution in [3.8, 4) is 0 Å². The Morgan fingerprint density at radius 2 is 1.79 bits per heavy atom. The molecule has 0 aliphatic heterocycles. The summed E-state index contributed by atoms with van der Waals surface area (Å²) in [4.78, 5) is 3.86. The maximum Gasteiger partial charge on any atom is 0.283 e. The normalized spacial score (nSPS) is 11.3. The number of hydrogen-bond acceptors (Lipinski definition) is 4. The van der Waals surface area contributed by atoms with E-state index in [0.717, 1.165) is 5.56 Å². The topological polar surface area (TPSA) is 76.3 Å². The molecule has 0 atom stereocenters. The Hall–Kier alpha value is -2.08. The molecule has 0 unspecified atom stereocenters. The largest absolute Gasteiger partial charge is 0.396 e. The van der Waals surface area contributed by atoms with Crippen LogP contribution in [-0.4, -0.2) is 20.4 Å². The number of aromatic nitrogens is 1. The van der Waals surface area contributed by atoms with Gasteiger partial charge in [-0.3, -0.25) is 4.31 Å². The van der Waals surface area contributed by atoms with E-state index in [4.69, 9.17) is 5.73 Å². The van der Waals surface area contributed by atoms with Crippen LogP contribution in [0, 0.1) is 6.92 Å². The first-order chi connectivity index (χ1) is 8.93. The Morgan fingerprint density at radius 1 is 1.16 bits per heavy atom. The van der Waals surface area contributed by atoms with Crippen molar-refractivity contribution in [1.82, 2.24) is 4.98 Å². The molecule has 0 saturated heterocycles. The number of sulfonamides is 1. The fourth-order valence-electron chi connectivity index (χ4n) is 1.64. The summed E-state index contributed by atoms with van der Waals surface area (Å²) in [5, 5.41) is -0.127. The van der Waals surface area contributed by atoms with Crippen LogP contribution in [0.3, 0.4) is 0 Å². The molecule has 5 nitrogen and oxygen atoms in total. The van der Waals surface area contributed by atoms with E-state index >= 15 is 0 Å². The lowest BCUT2D eigenvalue weighted by atomic mass is 10.2. The van der Waals surface area contributed by atoms with Crippen molar-refractivity contribution in [2.75, 3.05) is 17.1 Å². The van der Waals surface area contributed by atoms with Gasteiger partial charge >= 0.3 is 0 Å². The van der Waals surface area contributed by atoms with Crippen LogP contribution in [0.15, 0.2) is 47.6 Å². The molecule has 0 aliphatic rings. The highest BCUT2D eigenvalue weighted by molar-refractivity contribution is 7.92. The van der Waals surface area contributed by atoms with Crippen molar-refractivity contribution in [3.63, 3.8) is 0 Å². The number of nitrogens with two attached hydrogens (primary N) is 1. The van der Waals surface area contributed by atoms with Crippen molar-refractivity contribution >= 4 is 21.4 Å². The first kappa shape index (κ1) is 13.4. The summed E-state index contributed by atoms with van der Waals surface area (Å²) in [5.74, 6) is 0. The Balaban J connectivity index is 2.45. The van der Waals surface area contributed by atoms with Gasteiger partial charge in [-0.2, -0.15) is 8.42 Å². The molecule has 6 heteroatoms. The number of pyridine rings is 1. The molecule has 1 aromatic carbocycles. The fraction of sp³-hybridized carbons (Fsp3) is 0.154. The minimum atomic E-state index is -3.74. The summed E-state index contributed by atoms with van der Waals surface area (Å²) in [6.45, 7) is 1.94. The van der Waals surface area contributed by atoms with Crippen LogP contribution in [-0.2, 0) is 10.0 Å². The van der Waals surface area contributed by atoms with Crippen LogP contribution >= 0.6 is 0 Å². The van der Waals surface area contributed by atoms with Crippen LogP contribution in [0.4, 0.5) is 11.4 Å². The molecule has 100 valence electrons. The number of anilines is 2. The monoisotopic (exact) mass is 277 g/mol. The molecule has 0 saturated carbocycles. The van der Waals surface area contributed by atoms with E-state index in [-0.39, 0.29) is 10.7 Å². The van der Waals surface area contributed by atoms with Crippen LogP contribution in [0.2, 0.25) is 0 Å². The third-order valence-electron chi connectivity index (χ3n) is 2.80. The molecule has 2 N–H and O–H groups in total. The summed E-state index contributed by atoms with van der Waals surface area (Å²) in [7, 11) is -2.26. The third-order valence-corrected chi connectivity index (χ3v) is 4.56. The zero-order valence-electron chi connectivity index (χ0n) is 10.7. The summed E-state index contributed by atoms with van der Waals surface area (Å²) in [6.07, 6.45) is 1.41. The Morgan fingerprint density at radius 3 is 2.37 bits per heavy atom. The summed E-state index contributed by atoms with van der Waals surface area (Å²) in [6, 6.07) is 10.3. The number of hydrogen-bond donors (Lipinski definition) is 1. The van der Waals surface area contributed by atoms with E-state index in [1.165, 1.54) is 23.6 Å². The lowest BCUT2D eigenvalue weighted by molar-refractivity contribution is 0.591. The zero-order valence-corrected chi connectivity index (χ0v) is 11.6. The lowest BCUT2D eigenvalue weighted by Gasteiger charge is -2.19. The Kier molecular flexibility index (Phi) is 3.44. The van der Waals surface area contributed by atoms with Gasteiger partial charge < -0.3 is 5.73 Å². The first-order valence-electron chi connectivity index (χ1n) is 5.69. The van der Waals surface area contributed by atoms with E-state index in [2.05, 4.69) is 4.98 Å². The summed E-state index contributed by atoms with van der Waals surface area (Å²) >= 11 is 0. The van der Waals surface area contributed by atoms with Crippen molar-refractivity contribution < 1.29 is 8.42 Å². The minimum absolute atomic E-state index is 0.127.